The summed E-state index contributed by atoms with van der Waals surface area (Å²) in [5.41, 5.74) is 1.32. The van der Waals surface area contributed by atoms with Crippen molar-refractivity contribution in [3.63, 3.8) is 0 Å². The third kappa shape index (κ3) is 14.4. The predicted molar refractivity (Wildman–Crippen MR) is 82.4 cm³/mol. The average Bonchev–Trinajstić information content (AvgIpc) is 2.36. The van der Waals surface area contributed by atoms with Crippen LogP contribution in [-0.4, -0.2) is 0 Å². The summed E-state index contributed by atoms with van der Waals surface area (Å²) in [6.07, 6.45) is 0. The fraction of sp³-hybridized carbons (Fsp3) is 0.294. The molecule has 0 aliphatic carbocycles. The highest BCUT2D eigenvalue weighted by Gasteiger charge is 1.72. The molecule has 0 heteroatoms. The topological polar surface area (TPSA) is 0 Å². The fourth-order valence-corrected chi connectivity index (χ4v) is 0.919. The van der Waals surface area contributed by atoms with Crippen LogP contribution < -0.4 is 0 Å². The minimum absolute atomic E-state index is 0. The van der Waals surface area contributed by atoms with Crippen molar-refractivity contribution >= 4 is 0 Å². The molecule has 0 radical (unpaired) electrons. The quantitative estimate of drug-likeness (QED) is 0.524. The smallest absolute Gasteiger partial charge is 0.0398 e. The van der Waals surface area contributed by atoms with Crippen LogP contribution in [0.1, 0.15) is 34.3 Å². The van der Waals surface area contributed by atoms with Gasteiger partial charge in [0.25, 0.3) is 0 Å². The van der Waals surface area contributed by atoms with E-state index in [0.717, 1.165) is 0 Å². The van der Waals surface area contributed by atoms with E-state index >= 15 is 0 Å². The molecule has 0 unspecified atom stereocenters. The maximum Gasteiger partial charge on any atom is -0.0398 e. The van der Waals surface area contributed by atoms with Gasteiger partial charge in [-0.25, -0.2) is 0 Å². The zero-order valence-electron chi connectivity index (χ0n) is 9.85. The summed E-state index contributed by atoms with van der Waals surface area (Å²) in [5.74, 6) is 0. The molecule has 0 bridgehead atoms. The van der Waals surface area contributed by atoms with Crippen LogP contribution in [0.5, 0.6) is 0 Å². The number of hydrogen-bond acceptors (Lipinski definition) is 0. The Morgan fingerprint density at radius 2 is 0.765 bits per heavy atom. The molecule has 0 amide bonds. The molecule has 17 heavy (non-hydrogen) atoms. The molecule has 2 rings (SSSR count). The van der Waals surface area contributed by atoms with E-state index < -0.39 is 0 Å². The van der Waals surface area contributed by atoms with Gasteiger partial charge >= 0.3 is 0 Å². The molecule has 0 aliphatic rings. The molecule has 0 atom stereocenters. The van der Waals surface area contributed by atoms with Gasteiger partial charge in [0.2, 0.25) is 0 Å². The fourth-order valence-electron chi connectivity index (χ4n) is 0.919. The van der Waals surface area contributed by atoms with Gasteiger partial charge in [-0.2, -0.15) is 0 Å². The lowest BCUT2D eigenvalue weighted by Crippen LogP contribution is -1.62. The predicted octanol–water partition coefficient (Wildman–Crippen LogP) is 5.98. The molecule has 0 heterocycles. The summed E-state index contributed by atoms with van der Waals surface area (Å²) in [6.45, 7) is 6.08. The van der Waals surface area contributed by atoms with E-state index in [4.69, 9.17) is 0 Å². The first kappa shape index (κ1) is 20.8. The molecule has 0 saturated heterocycles. The van der Waals surface area contributed by atoms with Gasteiger partial charge in [-0.15, -0.1) is 0 Å². The Kier molecular flexibility index (Phi) is 20.6. The van der Waals surface area contributed by atoms with Crippen molar-refractivity contribution in [2.24, 2.45) is 0 Å². The Labute approximate surface area is 108 Å². The molecule has 0 N–H and O–H groups in total. The lowest BCUT2D eigenvalue weighted by Gasteiger charge is -1.82. The van der Waals surface area contributed by atoms with E-state index in [0.29, 0.717) is 0 Å². The van der Waals surface area contributed by atoms with Crippen molar-refractivity contribution in [3.05, 3.63) is 72.3 Å². The monoisotopic (exact) mass is 232 g/mol. The largest absolute Gasteiger partial charge is 0.0776 e. The van der Waals surface area contributed by atoms with Crippen molar-refractivity contribution in [2.45, 2.75) is 35.6 Å². The first-order valence-electron chi connectivity index (χ1n) is 5.41. The summed E-state index contributed by atoms with van der Waals surface area (Å²) in [7, 11) is 0. The maximum atomic E-state index is 2.08. The van der Waals surface area contributed by atoms with Crippen LogP contribution in [-0.2, 0) is 0 Å². The van der Waals surface area contributed by atoms with E-state index in [-0.39, 0.29) is 14.9 Å². The molecule has 2 aromatic rings. The van der Waals surface area contributed by atoms with Crippen LogP contribution >= 0.6 is 0 Å². The SMILES string of the molecule is C.C.CC.Cc1ccccc1.c1ccccc1. The molecule has 2 aromatic carbocycles. The summed E-state index contributed by atoms with van der Waals surface area (Å²) in [4.78, 5) is 0. The molecule has 0 nitrogen and oxygen atoms in total. The van der Waals surface area contributed by atoms with Gasteiger partial charge in [0.15, 0.2) is 0 Å². The molecule has 0 saturated carbocycles. The van der Waals surface area contributed by atoms with E-state index in [1.165, 1.54) is 5.56 Å². The molecule has 0 spiro atoms. The molecular weight excluding hydrogens is 204 g/mol. The molecule has 0 aromatic heterocycles. The van der Waals surface area contributed by atoms with Crippen molar-refractivity contribution in [1.29, 1.82) is 0 Å². The van der Waals surface area contributed by atoms with Gasteiger partial charge in [0.05, 0.1) is 0 Å². The van der Waals surface area contributed by atoms with Crippen molar-refractivity contribution in [2.75, 3.05) is 0 Å². The molecular formula is C17H28. The van der Waals surface area contributed by atoms with E-state index in [1.54, 1.807) is 0 Å². The first-order chi connectivity index (χ1) is 7.39. The molecule has 96 valence electrons. The standard InChI is InChI=1S/C7H8.C6H6.C2H6.2CH4/c1-7-5-3-2-4-6-7;1-2-4-6-5-3-1;1-2;;/h2-6H,1H3;1-6H;1-2H3;2*1H4. The summed E-state index contributed by atoms with van der Waals surface area (Å²) in [5, 5.41) is 0. The van der Waals surface area contributed by atoms with Gasteiger partial charge in [0.1, 0.15) is 0 Å². The Hall–Kier alpha value is -1.56. The second kappa shape index (κ2) is 16.9. The highest BCUT2D eigenvalue weighted by atomic mass is 13.8. The van der Waals surface area contributed by atoms with Crippen molar-refractivity contribution in [3.8, 4) is 0 Å². The zero-order valence-corrected chi connectivity index (χ0v) is 9.85. The van der Waals surface area contributed by atoms with E-state index in [2.05, 4.69) is 19.1 Å². The Bertz CT molecular complexity index is 271. The summed E-state index contributed by atoms with van der Waals surface area (Å²) >= 11 is 0. The van der Waals surface area contributed by atoms with E-state index in [1.807, 2.05) is 68.4 Å². The highest BCUT2D eigenvalue weighted by molar-refractivity contribution is 5.11. The lowest BCUT2D eigenvalue weighted by molar-refractivity contribution is 1.48. The Morgan fingerprint density at radius 3 is 0.941 bits per heavy atom. The van der Waals surface area contributed by atoms with Gasteiger partial charge in [-0.1, -0.05) is 101 Å². The van der Waals surface area contributed by atoms with Gasteiger partial charge in [-0.3, -0.25) is 0 Å². The van der Waals surface area contributed by atoms with Gasteiger partial charge in [0, 0.05) is 0 Å². The maximum absolute atomic E-state index is 2.08. The van der Waals surface area contributed by atoms with Crippen LogP contribution in [0.25, 0.3) is 0 Å². The minimum Gasteiger partial charge on any atom is -0.0776 e. The summed E-state index contributed by atoms with van der Waals surface area (Å²) < 4.78 is 0. The third-order valence-corrected chi connectivity index (χ3v) is 1.61. The van der Waals surface area contributed by atoms with Gasteiger partial charge < -0.3 is 0 Å². The van der Waals surface area contributed by atoms with Crippen LogP contribution in [0.3, 0.4) is 0 Å². The lowest BCUT2D eigenvalue weighted by atomic mass is 10.2. The second-order valence-electron chi connectivity index (χ2n) is 2.81. The number of aryl methyl sites for hydroxylation is 1. The van der Waals surface area contributed by atoms with Crippen molar-refractivity contribution < 1.29 is 0 Å². The average molecular weight is 232 g/mol. The Morgan fingerprint density at radius 1 is 0.529 bits per heavy atom. The summed E-state index contributed by atoms with van der Waals surface area (Å²) in [6, 6.07) is 22.3. The van der Waals surface area contributed by atoms with Crippen LogP contribution in [0.4, 0.5) is 0 Å². The van der Waals surface area contributed by atoms with Crippen LogP contribution in [0.15, 0.2) is 66.7 Å². The number of hydrogen-bond donors (Lipinski definition) is 0. The van der Waals surface area contributed by atoms with Gasteiger partial charge in [-0.05, 0) is 6.92 Å². The normalized spacial score (nSPS) is 6.76. The van der Waals surface area contributed by atoms with Crippen LogP contribution in [0.2, 0.25) is 0 Å². The highest BCUT2D eigenvalue weighted by Crippen LogP contribution is 1.92. The number of benzene rings is 2. The van der Waals surface area contributed by atoms with Crippen molar-refractivity contribution in [1.82, 2.24) is 0 Å². The zero-order chi connectivity index (χ0) is 11.4. The van der Waals surface area contributed by atoms with Crippen LogP contribution in [0, 0.1) is 6.92 Å². The third-order valence-electron chi connectivity index (χ3n) is 1.61. The molecule has 0 fully saturated rings. The van der Waals surface area contributed by atoms with E-state index in [9.17, 15) is 0 Å². The second-order valence-corrected chi connectivity index (χ2v) is 2.81. The first-order valence-corrected chi connectivity index (χ1v) is 5.41. The molecule has 0 aliphatic heterocycles. The Balaban J connectivity index is -0.000000184. The number of rotatable bonds is 0. The minimum atomic E-state index is 0.